The van der Waals surface area contributed by atoms with Crippen molar-refractivity contribution in [2.75, 3.05) is 32.8 Å². The summed E-state index contributed by atoms with van der Waals surface area (Å²) in [5.74, 6) is 0. The van der Waals surface area contributed by atoms with Gasteiger partial charge in [0.05, 0.1) is 11.5 Å². The molecule has 1 N–H and O–H groups in total. The molecule has 128 valence electrons. The van der Waals surface area contributed by atoms with Crippen LogP contribution in [-0.2, 0) is 0 Å². The monoisotopic (exact) mass is 321 g/mol. The van der Waals surface area contributed by atoms with Crippen LogP contribution in [0.15, 0.2) is 18.2 Å². The van der Waals surface area contributed by atoms with Gasteiger partial charge in [0.15, 0.2) is 0 Å². The molecular formula is C17H27N3O3. The predicted octanol–water partition coefficient (Wildman–Crippen LogP) is 2.35. The van der Waals surface area contributed by atoms with E-state index < -0.39 is 0 Å². The zero-order chi connectivity index (χ0) is 17.0. The molecule has 6 heteroatoms. The smallest absolute Gasteiger partial charge is 0.269 e. The fourth-order valence-corrected chi connectivity index (χ4v) is 3.38. The Morgan fingerprint density at radius 2 is 1.87 bits per heavy atom. The number of benzene rings is 1. The Labute approximate surface area is 137 Å². The fraction of sp³-hybridized carbons (Fsp3) is 0.647. The Morgan fingerprint density at radius 3 is 2.39 bits per heavy atom. The molecular weight excluding hydrogens is 294 g/mol. The Kier molecular flexibility index (Phi) is 6.10. The van der Waals surface area contributed by atoms with Gasteiger partial charge in [-0.15, -0.1) is 0 Å². The predicted molar refractivity (Wildman–Crippen MR) is 90.6 cm³/mol. The second-order valence-corrected chi connectivity index (χ2v) is 6.29. The molecule has 1 aliphatic heterocycles. The molecule has 1 fully saturated rings. The van der Waals surface area contributed by atoms with Crippen molar-refractivity contribution in [1.29, 1.82) is 0 Å². The second kappa shape index (κ2) is 7.86. The lowest BCUT2D eigenvalue weighted by Gasteiger charge is -2.41. The molecule has 0 saturated carbocycles. The summed E-state index contributed by atoms with van der Waals surface area (Å²) in [6, 6.07) is 5.50. The molecule has 1 aliphatic rings. The van der Waals surface area contributed by atoms with Gasteiger partial charge >= 0.3 is 0 Å². The molecule has 1 saturated heterocycles. The summed E-state index contributed by atoms with van der Waals surface area (Å²) in [6.45, 7) is 10.1. The van der Waals surface area contributed by atoms with E-state index in [1.807, 2.05) is 13.0 Å². The Hall–Kier alpha value is -1.50. The van der Waals surface area contributed by atoms with Gasteiger partial charge < -0.3 is 5.11 Å². The topological polar surface area (TPSA) is 69.8 Å². The number of hydrogen-bond donors (Lipinski definition) is 1. The van der Waals surface area contributed by atoms with Crippen molar-refractivity contribution in [3.63, 3.8) is 0 Å². The minimum absolute atomic E-state index is 0.155. The summed E-state index contributed by atoms with van der Waals surface area (Å²) in [7, 11) is 0. The molecule has 1 heterocycles. The summed E-state index contributed by atoms with van der Waals surface area (Å²) in [4.78, 5) is 15.4. The number of nitrogens with zero attached hydrogens (tertiary/aromatic N) is 3. The van der Waals surface area contributed by atoms with Crippen LogP contribution < -0.4 is 0 Å². The molecule has 0 spiro atoms. The highest BCUT2D eigenvalue weighted by molar-refractivity contribution is 5.40. The molecule has 0 amide bonds. The molecule has 6 nitrogen and oxygen atoms in total. The van der Waals surface area contributed by atoms with Gasteiger partial charge in [0.2, 0.25) is 0 Å². The number of rotatable bonds is 6. The Bertz CT molecular complexity index is 538. The van der Waals surface area contributed by atoms with Gasteiger partial charge in [0, 0.05) is 50.4 Å². The lowest BCUT2D eigenvalue weighted by molar-refractivity contribution is -0.385. The summed E-state index contributed by atoms with van der Waals surface area (Å²) < 4.78 is 0. The van der Waals surface area contributed by atoms with Crippen LogP contribution in [0.3, 0.4) is 0 Å². The number of non-ortho nitro benzene ring substituents is 1. The van der Waals surface area contributed by atoms with Gasteiger partial charge in [-0.3, -0.25) is 19.9 Å². The second-order valence-electron chi connectivity index (χ2n) is 6.29. The van der Waals surface area contributed by atoms with Gasteiger partial charge in [0.1, 0.15) is 0 Å². The van der Waals surface area contributed by atoms with E-state index in [1.54, 1.807) is 12.1 Å². The molecule has 0 radical (unpaired) electrons. The third-order valence-corrected chi connectivity index (χ3v) is 5.02. The highest BCUT2D eigenvalue weighted by Crippen LogP contribution is 2.28. The van der Waals surface area contributed by atoms with Crippen molar-refractivity contribution >= 4 is 5.69 Å². The largest absolute Gasteiger partial charge is 0.395 e. The Morgan fingerprint density at radius 1 is 1.26 bits per heavy atom. The lowest BCUT2D eigenvalue weighted by Crippen LogP contribution is -2.51. The molecule has 0 bridgehead atoms. The number of piperazine rings is 1. The number of nitro benzene ring substituents is 1. The van der Waals surface area contributed by atoms with Crippen LogP contribution in [0.5, 0.6) is 0 Å². The van der Waals surface area contributed by atoms with E-state index in [9.17, 15) is 15.2 Å². The van der Waals surface area contributed by atoms with E-state index in [0.29, 0.717) is 0 Å². The molecule has 1 aromatic carbocycles. The maximum atomic E-state index is 11.0. The minimum Gasteiger partial charge on any atom is -0.395 e. The number of nitro groups is 1. The first-order valence-electron chi connectivity index (χ1n) is 8.31. The van der Waals surface area contributed by atoms with Crippen LogP contribution in [0, 0.1) is 17.0 Å². The number of aliphatic hydroxyl groups is 1. The average Bonchev–Trinajstić information content (AvgIpc) is 2.56. The van der Waals surface area contributed by atoms with Gasteiger partial charge in [-0.2, -0.15) is 0 Å². The van der Waals surface area contributed by atoms with Crippen LogP contribution in [0.4, 0.5) is 5.69 Å². The maximum absolute atomic E-state index is 11.0. The minimum atomic E-state index is -0.333. The van der Waals surface area contributed by atoms with Crippen LogP contribution >= 0.6 is 0 Å². The lowest BCUT2D eigenvalue weighted by atomic mass is 9.99. The van der Waals surface area contributed by atoms with E-state index in [0.717, 1.165) is 43.7 Å². The van der Waals surface area contributed by atoms with Crippen molar-refractivity contribution in [2.24, 2.45) is 0 Å². The third kappa shape index (κ3) is 4.07. The zero-order valence-corrected chi connectivity index (χ0v) is 14.2. The molecule has 1 aromatic rings. The van der Waals surface area contributed by atoms with Gasteiger partial charge in [0.25, 0.3) is 5.69 Å². The fourth-order valence-electron chi connectivity index (χ4n) is 3.38. The first-order valence-corrected chi connectivity index (χ1v) is 8.31. The molecule has 2 unspecified atom stereocenters. The van der Waals surface area contributed by atoms with Gasteiger partial charge in [-0.25, -0.2) is 0 Å². The highest BCUT2D eigenvalue weighted by Gasteiger charge is 2.26. The maximum Gasteiger partial charge on any atom is 0.269 e. The summed E-state index contributed by atoms with van der Waals surface area (Å²) in [5.41, 5.74) is 2.27. The van der Waals surface area contributed by atoms with E-state index in [4.69, 9.17) is 0 Å². The SMILES string of the molecule is CCC(CO)N1CCN(C(C)c2cc([N+](=O)[O-])ccc2C)CC1. The van der Waals surface area contributed by atoms with Crippen LogP contribution in [0.1, 0.15) is 37.4 Å². The van der Waals surface area contributed by atoms with Crippen LogP contribution in [-0.4, -0.2) is 58.7 Å². The number of hydrogen-bond acceptors (Lipinski definition) is 5. The summed E-state index contributed by atoms with van der Waals surface area (Å²) in [5, 5.41) is 20.4. The van der Waals surface area contributed by atoms with Crippen molar-refractivity contribution < 1.29 is 10.0 Å². The molecule has 0 aliphatic carbocycles. The average molecular weight is 321 g/mol. The van der Waals surface area contributed by atoms with Gasteiger partial charge in [-0.05, 0) is 31.4 Å². The van der Waals surface area contributed by atoms with Crippen molar-refractivity contribution in [3.05, 3.63) is 39.4 Å². The number of aryl methyl sites for hydroxylation is 1. The van der Waals surface area contributed by atoms with Crippen molar-refractivity contribution in [1.82, 2.24) is 9.80 Å². The molecule has 23 heavy (non-hydrogen) atoms. The van der Waals surface area contributed by atoms with E-state index in [-0.39, 0.29) is 29.3 Å². The van der Waals surface area contributed by atoms with E-state index >= 15 is 0 Å². The van der Waals surface area contributed by atoms with E-state index in [1.165, 1.54) is 0 Å². The Balaban J connectivity index is 2.06. The first kappa shape index (κ1) is 17.8. The summed E-state index contributed by atoms with van der Waals surface area (Å²) in [6.07, 6.45) is 0.954. The summed E-state index contributed by atoms with van der Waals surface area (Å²) >= 11 is 0. The molecule has 2 rings (SSSR count). The molecule has 0 aromatic heterocycles. The standard InChI is InChI=1S/C17H27N3O3/c1-4-15(12-21)19-9-7-18(8-10-19)14(3)17-11-16(20(22)23)6-5-13(17)2/h5-6,11,14-15,21H,4,7-10,12H2,1-3H3. The highest BCUT2D eigenvalue weighted by atomic mass is 16.6. The van der Waals surface area contributed by atoms with Crippen LogP contribution in [0.2, 0.25) is 0 Å². The van der Waals surface area contributed by atoms with Gasteiger partial charge in [-0.1, -0.05) is 13.0 Å². The van der Waals surface area contributed by atoms with Crippen LogP contribution in [0.25, 0.3) is 0 Å². The zero-order valence-electron chi connectivity index (χ0n) is 14.2. The van der Waals surface area contributed by atoms with E-state index in [2.05, 4.69) is 23.6 Å². The first-order chi connectivity index (χ1) is 11.0. The quantitative estimate of drug-likeness (QED) is 0.643. The number of aliphatic hydroxyl groups excluding tert-OH is 1. The normalized spacial score (nSPS) is 19.5. The van der Waals surface area contributed by atoms with Crippen molar-refractivity contribution in [3.8, 4) is 0 Å². The molecule has 2 atom stereocenters. The van der Waals surface area contributed by atoms with Crippen molar-refractivity contribution in [2.45, 2.75) is 39.3 Å². The third-order valence-electron chi connectivity index (χ3n) is 5.02.